The number of rotatable bonds is 5. The molecule has 0 heterocycles. The summed E-state index contributed by atoms with van der Waals surface area (Å²) in [5.74, 6) is -1.05. The van der Waals surface area contributed by atoms with Crippen molar-refractivity contribution in [3.63, 3.8) is 0 Å². The van der Waals surface area contributed by atoms with Crippen LogP contribution in [0, 0.1) is 18.8 Å². The van der Waals surface area contributed by atoms with E-state index in [1.807, 2.05) is 18.2 Å². The van der Waals surface area contributed by atoms with Gasteiger partial charge in [0.05, 0.1) is 5.92 Å². The van der Waals surface area contributed by atoms with Crippen LogP contribution in [0.2, 0.25) is 0 Å². The highest BCUT2D eigenvalue weighted by molar-refractivity contribution is 5.79. The highest BCUT2D eigenvalue weighted by Crippen LogP contribution is 2.29. The number of carboxylic acid groups (broad SMARTS) is 1. The summed E-state index contributed by atoms with van der Waals surface area (Å²) in [7, 11) is 0. The summed E-state index contributed by atoms with van der Waals surface area (Å²) >= 11 is 0. The lowest BCUT2D eigenvalue weighted by Gasteiger charge is -2.25. The first-order valence-electron chi connectivity index (χ1n) is 9.19. The lowest BCUT2D eigenvalue weighted by Crippen LogP contribution is -2.34. The molecule has 26 heavy (non-hydrogen) atoms. The second kappa shape index (κ2) is 8.17. The monoisotopic (exact) mass is 351 g/mol. The zero-order valence-electron chi connectivity index (χ0n) is 15.1. The molecule has 0 aromatic heterocycles. The van der Waals surface area contributed by atoms with Crippen molar-refractivity contribution in [1.82, 2.24) is 5.32 Å². The van der Waals surface area contributed by atoms with Crippen molar-refractivity contribution in [2.24, 2.45) is 11.8 Å². The summed E-state index contributed by atoms with van der Waals surface area (Å²) in [6.45, 7) is 2.57. The molecule has 1 aliphatic rings. The van der Waals surface area contributed by atoms with Gasteiger partial charge in [-0.3, -0.25) is 9.59 Å². The highest BCUT2D eigenvalue weighted by Gasteiger charge is 2.29. The van der Waals surface area contributed by atoms with Crippen LogP contribution in [0.4, 0.5) is 0 Å². The minimum Gasteiger partial charge on any atom is -0.481 e. The van der Waals surface area contributed by atoms with Crippen LogP contribution in [0.25, 0.3) is 11.1 Å². The molecule has 3 rings (SSSR count). The number of carbonyl (C=O) groups excluding carboxylic acids is 1. The fourth-order valence-electron chi connectivity index (χ4n) is 3.62. The lowest BCUT2D eigenvalue weighted by atomic mass is 9.81. The summed E-state index contributed by atoms with van der Waals surface area (Å²) in [6, 6.07) is 16.6. The van der Waals surface area contributed by atoms with Gasteiger partial charge >= 0.3 is 5.97 Å². The van der Waals surface area contributed by atoms with Crippen molar-refractivity contribution in [3.8, 4) is 11.1 Å². The van der Waals surface area contributed by atoms with Crippen LogP contribution in [0.5, 0.6) is 0 Å². The minimum absolute atomic E-state index is 0.0368. The Bertz CT molecular complexity index is 791. The van der Waals surface area contributed by atoms with Crippen LogP contribution in [0.3, 0.4) is 0 Å². The Morgan fingerprint density at radius 1 is 0.962 bits per heavy atom. The van der Waals surface area contributed by atoms with Crippen molar-refractivity contribution >= 4 is 11.9 Å². The SMILES string of the molecule is Cc1cccc(-c2cccc(CNC(=O)C3CCC(C(=O)O)CC3)c2)c1. The smallest absolute Gasteiger partial charge is 0.306 e. The number of hydrogen-bond donors (Lipinski definition) is 2. The Morgan fingerprint density at radius 3 is 2.23 bits per heavy atom. The number of carboxylic acids is 1. The van der Waals surface area contributed by atoms with Crippen LogP contribution < -0.4 is 5.32 Å². The summed E-state index contributed by atoms with van der Waals surface area (Å²) < 4.78 is 0. The fourth-order valence-corrected chi connectivity index (χ4v) is 3.62. The van der Waals surface area contributed by atoms with Gasteiger partial charge in [0.15, 0.2) is 0 Å². The molecule has 0 unspecified atom stereocenters. The van der Waals surface area contributed by atoms with E-state index in [2.05, 4.69) is 42.6 Å². The van der Waals surface area contributed by atoms with Crippen molar-refractivity contribution in [3.05, 3.63) is 59.7 Å². The van der Waals surface area contributed by atoms with Crippen molar-refractivity contribution in [2.75, 3.05) is 0 Å². The first kappa shape index (κ1) is 18.2. The Hall–Kier alpha value is -2.62. The standard InChI is InChI=1S/C22H25NO3/c1-15-4-2-6-19(12-15)20-7-3-5-16(13-20)14-23-21(24)17-8-10-18(11-9-17)22(25)26/h2-7,12-13,17-18H,8-11,14H2,1H3,(H,23,24)(H,25,26). The second-order valence-electron chi connectivity index (χ2n) is 7.17. The number of aryl methyl sites for hydroxylation is 1. The molecule has 2 aromatic carbocycles. The maximum absolute atomic E-state index is 12.4. The molecule has 2 N–H and O–H groups in total. The van der Waals surface area contributed by atoms with Gasteiger partial charge in [-0.2, -0.15) is 0 Å². The molecule has 0 bridgehead atoms. The molecule has 4 nitrogen and oxygen atoms in total. The molecule has 0 atom stereocenters. The number of hydrogen-bond acceptors (Lipinski definition) is 2. The summed E-state index contributed by atoms with van der Waals surface area (Å²) in [6.07, 6.45) is 2.50. The van der Waals surface area contributed by atoms with Gasteiger partial charge in [0.2, 0.25) is 5.91 Å². The Morgan fingerprint density at radius 2 is 1.58 bits per heavy atom. The van der Waals surface area contributed by atoms with Crippen LogP contribution >= 0.6 is 0 Å². The zero-order chi connectivity index (χ0) is 18.5. The van der Waals surface area contributed by atoms with Gasteiger partial charge in [-0.1, -0.05) is 48.0 Å². The van der Waals surface area contributed by atoms with Gasteiger partial charge in [-0.05, 0) is 55.4 Å². The van der Waals surface area contributed by atoms with Gasteiger partial charge in [-0.25, -0.2) is 0 Å². The van der Waals surface area contributed by atoms with Gasteiger partial charge < -0.3 is 10.4 Å². The second-order valence-corrected chi connectivity index (χ2v) is 7.17. The number of benzene rings is 2. The molecule has 136 valence electrons. The van der Waals surface area contributed by atoms with E-state index < -0.39 is 5.97 Å². The largest absolute Gasteiger partial charge is 0.481 e. The van der Waals surface area contributed by atoms with Crippen LogP contribution in [-0.2, 0) is 16.1 Å². The molecule has 0 aliphatic heterocycles. The summed E-state index contributed by atoms with van der Waals surface area (Å²) in [5, 5.41) is 12.1. The first-order valence-corrected chi connectivity index (χ1v) is 9.19. The molecule has 0 saturated heterocycles. The molecule has 1 aliphatic carbocycles. The fraction of sp³-hybridized carbons (Fsp3) is 0.364. The molecule has 0 radical (unpaired) electrons. The van der Waals surface area contributed by atoms with Crippen molar-refractivity contribution < 1.29 is 14.7 Å². The number of amides is 1. The minimum atomic E-state index is -0.739. The maximum Gasteiger partial charge on any atom is 0.306 e. The Kier molecular flexibility index (Phi) is 5.71. The Balaban J connectivity index is 1.57. The maximum atomic E-state index is 12.4. The van der Waals surface area contributed by atoms with Gasteiger partial charge in [0.1, 0.15) is 0 Å². The third kappa shape index (κ3) is 4.51. The van der Waals surface area contributed by atoms with Gasteiger partial charge in [0, 0.05) is 12.5 Å². The first-order chi connectivity index (χ1) is 12.5. The predicted molar refractivity (Wildman–Crippen MR) is 102 cm³/mol. The Labute approximate surface area is 154 Å². The molecular weight excluding hydrogens is 326 g/mol. The molecule has 1 amide bonds. The highest BCUT2D eigenvalue weighted by atomic mass is 16.4. The zero-order valence-corrected chi connectivity index (χ0v) is 15.1. The van der Waals surface area contributed by atoms with Crippen LogP contribution in [0.15, 0.2) is 48.5 Å². The van der Waals surface area contributed by atoms with E-state index >= 15 is 0 Å². The van der Waals surface area contributed by atoms with Crippen LogP contribution in [0.1, 0.15) is 36.8 Å². The quantitative estimate of drug-likeness (QED) is 0.850. The van der Waals surface area contributed by atoms with E-state index in [1.165, 1.54) is 11.1 Å². The van der Waals surface area contributed by atoms with E-state index in [1.54, 1.807) is 0 Å². The van der Waals surface area contributed by atoms with E-state index in [4.69, 9.17) is 5.11 Å². The van der Waals surface area contributed by atoms with E-state index in [0.717, 1.165) is 11.1 Å². The summed E-state index contributed by atoms with van der Waals surface area (Å²) in [4.78, 5) is 23.4. The number of aliphatic carboxylic acids is 1. The number of nitrogens with one attached hydrogen (secondary N) is 1. The average molecular weight is 351 g/mol. The molecule has 2 aromatic rings. The lowest BCUT2D eigenvalue weighted by molar-refractivity contribution is -0.144. The molecule has 1 fully saturated rings. The summed E-state index contributed by atoms with van der Waals surface area (Å²) in [5.41, 5.74) is 4.60. The molecule has 4 heteroatoms. The predicted octanol–water partition coefficient (Wildman–Crippen LogP) is 4.17. The van der Waals surface area contributed by atoms with Gasteiger partial charge in [0.25, 0.3) is 0 Å². The number of carbonyl (C=O) groups is 2. The topological polar surface area (TPSA) is 66.4 Å². The molecule has 0 spiro atoms. The normalized spacial score (nSPS) is 19.7. The third-order valence-corrected chi connectivity index (χ3v) is 5.19. The van der Waals surface area contributed by atoms with E-state index in [9.17, 15) is 9.59 Å². The third-order valence-electron chi connectivity index (χ3n) is 5.19. The van der Waals surface area contributed by atoms with Crippen molar-refractivity contribution in [2.45, 2.75) is 39.2 Å². The molecular formula is C22H25NO3. The molecule has 1 saturated carbocycles. The average Bonchev–Trinajstić information content (AvgIpc) is 2.66. The van der Waals surface area contributed by atoms with Gasteiger partial charge in [-0.15, -0.1) is 0 Å². The van der Waals surface area contributed by atoms with Crippen LogP contribution in [-0.4, -0.2) is 17.0 Å². The van der Waals surface area contributed by atoms with Crippen molar-refractivity contribution in [1.29, 1.82) is 0 Å². The van der Waals surface area contributed by atoms with E-state index in [-0.39, 0.29) is 17.7 Å². The van der Waals surface area contributed by atoms with E-state index in [0.29, 0.717) is 32.2 Å².